The molecular formula is C13H22N2S. The molecule has 4 N–H and O–H groups in total. The summed E-state index contributed by atoms with van der Waals surface area (Å²) in [6.07, 6.45) is 3.10. The third-order valence-electron chi connectivity index (χ3n) is 3.04. The average Bonchev–Trinajstić information content (AvgIpc) is 2.27. The number of hydrogen-bond acceptors (Lipinski definition) is 3. The number of hydrogen-bond donors (Lipinski definition) is 2. The predicted octanol–water partition coefficient (Wildman–Crippen LogP) is 2.76. The van der Waals surface area contributed by atoms with Gasteiger partial charge in [-0.2, -0.15) is 0 Å². The maximum atomic E-state index is 5.88. The number of nitrogen functional groups attached to an aromatic ring is 1. The summed E-state index contributed by atoms with van der Waals surface area (Å²) >= 11 is 1.70. The topological polar surface area (TPSA) is 52.0 Å². The Bertz CT molecular complexity index is 337. The quantitative estimate of drug-likeness (QED) is 0.612. The first-order valence-electron chi connectivity index (χ1n) is 5.71. The number of nitrogens with two attached hydrogens (primary N) is 2. The van der Waals surface area contributed by atoms with Gasteiger partial charge in [-0.25, -0.2) is 0 Å². The van der Waals surface area contributed by atoms with Crippen LogP contribution in [0.5, 0.6) is 0 Å². The molecular weight excluding hydrogens is 216 g/mol. The molecule has 0 heterocycles. The summed E-state index contributed by atoms with van der Waals surface area (Å²) in [4.78, 5) is 1.16. The van der Waals surface area contributed by atoms with Crippen LogP contribution < -0.4 is 11.5 Å². The van der Waals surface area contributed by atoms with Gasteiger partial charge >= 0.3 is 0 Å². The van der Waals surface area contributed by atoms with E-state index in [1.54, 1.807) is 11.8 Å². The van der Waals surface area contributed by atoms with Crippen molar-refractivity contribution in [2.24, 2.45) is 17.6 Å². The molecule has 0 aromatic heterocycles. The Balaban J connectivity index is 2.80. The van der Waals surface area contributed by atoms with E-state index in [2.05, 4.69) is 32.2 Å². The van der Waals surface area contributed by atoms with Gasteiger partial charge in [0.1, 0.15) is 0 Å². The van der Waals surface area contributed by atoms with E-state index in [-0.39, 0.29) is 0 Å². The third-order valence-corrected chi connectivity index (χ3v) is 3.83. The molecule has 0 spiro atoms. The van der Waals surface area contributed by atoms with Crippen molar-refractivity contribution in [2.45, 2.75) is 25.2 Å². The van der Waals surface area contributed by atoms with Crippen molar-refractivity contribution in [3.8, 4) is 0 Å². The summed E-state index contributed by atoms with van der Waals surface area (Å²) < 4.78 is 0. The van der Waals surface area contributed by atoms with Crippen molar-refractivity contribution >= 4 is 17.4 Å². The van der Waals surface area contributed by atoms with Crippen LogP contribution in [0.3, 0.4) is 0 Å². The maximum absolute atomic E-state index is 5.88. The minimum atomic E-state index is 0.554. The third kappa shape index (κ3) is 3.42. The average molecular weight is 238 g/mol. The minimum Gasteiger partial charge on any atom is -0.398 e. The normalized spacial score (nSPS) is 13.1. The largest absolute Gasteiger partial charge is 0.398 e. The van der Waals surface area contributed by atoms with Gasteiger partial charge in [-0.05, 0) is 48.8 Å². The molecule has 0 aliphatic rings. The maximum Gasteiger partial charge on any atom is 0.0452 e. The lowest BCUT2D eigenvalue weighted by Gasteiger charge is -2.19. The van der Waals surface area contributed by atoms with Gasteiger partial charge in [0.15, 0.2) is 0 Å². The molecule has 0 radical (unpaired) electrons. The summed E-state index contributed by atoms with van der Waals surface area (Å²) in [7, 11) is 0. The first kappa shape index (κ1) is 13.4. The number of anilines is 1. The van der Waals surface area contributed by atoms with Gasteiger partial charge in [0.2, 0.25) is 0 Å². The van der Waals surface area contributed by atoms with Crippen molar-refractivity contribution in [3.63, 3.8) is 0 Å². The number of thioether (sulfide) groups is 1. The molecule has 1 aromatic rings. The highest BCUT2D eigenvalue weighted by Gasteiger charge is 2.12. The van der Waals surface area contributed by atoms with Gasteiger partial charge in [-0.15, -0.1) is 11.8 Å². The fourth-order valence-electron chi connectivity index (χ4n) is 1.78. The molecule has 1 aromatic carbocycles. The predicted molar refractivity (Wildman–Crippen MR) is 73.7 cm³/mol. The Hall–Kier alpha value is -0.670. The van der Waals surface area contributed by atoms with E-state index in [0.29, 0.717) is 11.8 Å². The van der Waals surface area contributed by atoms with E-state index in [4.69, 9.17) is 11.5 Å². The van der Waals surface area contributed by atoms with E-state index in [1.807, 2.05) is 6.07 Å². The van der Waals surface area contributed by atoms with E-state index < -0.39 is 0 Å². The number of benzene rings is 1. The monoisotopic (exact) mass is 238 g/mol. The van der Waals surface area contributed by atoms with Gasteiger partial charge in [0, 0.05) is 10.6 Å². The van der Waals surface area contributed by atoms with Gasteiger partial charge in [-0.1, -0.05) is 19.9 Å². The van der Waals surface area contributed by atoms with Crippen LogP contribution >= 0.6 is 11.8 Å². The molecule has 2 nitrogen and oxygen atoms in total. The fourth-order valence-corrected chi connectivity index (χ4v) is 2.35. The second-order valence-electron chi connectivity index (χ2n) is 4.52. The Morgan fingerprint density at radius 1 is 1.31 bits per heavy atom. The lowest BCUT2D eigenvalue weighted by Crippen LogP contribution is -2.22. The molecule has 0 saturated carbocycles. The molecule has 90 valence electrons. The second-order valence-corrected chi connectivity index (χ2v) is 5.37. The van der Waals surface area contributed by atoms with Gasteiger partial charge < -0.3 is 11.5 Å². The summed E-state index contributed by atoms with van der Waals surface area (Å²) in [5.41, 5.74) is 13.9. The zero-order valence-corrected chi connectivity index (χ0v) is 11.2. The van der Waals surface area contributed by atoms with Gasteiger partial charge in [0.05, 0.1) is 0 Å². The first-order valence-corrected chi connectivity index (χ1v) is 6.93. The second kappa shape index (κ2) is 6.16. The molecule has 1 rings (SSSR count). The first-order chi connectivity index (χ1) is 7.58. The van der Waals surface area contributed by atoms with E-state index >= 15 is 0 Å². The SMILES string of the molecule is CSc1cc(CC(CN)C(C)C)ccc1N. The molecule has 0 fully saturated rings. The molecule has 16 heavy (non-hydrogen) atoms. The zero-order chi connectivity index (χ0) is 12.1. The minimum absolute atomic E-state index is 0.554. The molecule has 0 aliphatic carbocycles. The molecule has 0 bridgehead atoms. The highest BCUT2D eigenvalue weighted by atomic mass is 32.2. The van der Waals surface area contributed by atoms with Crippen molar-refractivity contribution in [2.75, 3.05) is 18.5 Å². The molecule has 0 saturated heterocycles. The van der Waals surface area contributed by atoms with Crippen molar-refractivity contribution < 1.29 is 0 Å². The lowest BCUT2D eigenvalue weighted by molar-refractivity contribution is 0.392. The van der Waals surface area contributed by atoms with Crippen LogP contribution in [0.15, 0.2) is 23.1 Å². The van der Waals surface area contributed by atoms with E-state index in [1.165, 1.54) is 5.56 Å². The van der Waals surface area contributed by atoms with E-state index in [0.717, 1.165) is 23.5 Å². The van der Waals surface area contributed by atoms with Crippen LogP contribution in [-0.2, 0) is 6.42 Å². The Labute approximate surface area is 103 Å². The molecule has 0 amide bonds. The van der Waals surface area contributed by atoms with E-state index in [9.17, 15) is 0 Å². The summed E-state index contributed by atoms with van der Waals surface area (Å²) in [6, 6.07) is 6.29. The van der Waals surface area contributed by atoms with Crippen molar-refractivity contribution in [1.82, 2.24) is 0 Å². The van der Waals surface area contributed by atoms with Crippen molar-refractivity contribution in [3.05, 3.63) is 23.8 Å². The van der Waals surface area contributed by atoms with Crippen LogP contribution in [0.2, 0.25) is 0 Å². The van der Waals surface area contributed by atoms with Crippen LogP contribution in [0.25, 0.3) is 0 Å². The van der Waals surface area contributed by atoms with Crippen LogP contribution in [0, 0.1) is 11.8 Å². The highest BCUT2D eigenvalue weighted by Crippen LogP contribution is 2.26. The molecule has 1 atom stereocenters. The van der Waals surface area contributed by atoms with Crippen LogP contribution in [-0.4, -0.2) is 12.8 Å². The summed E-state index contributed by atoms with van der Waals surface area (Å²) in [5.74, 6) is 1.18. The molecule has 0 aliphatic heterocycles. The van der Waals surface area contributed by atoms with Crippen molar-refractivity contribution in [1.29, 1.82) is 0 Å². The van der Waals surface area contributed by atoms with Crippen LogP contribution in [0.1, 0.15) is 19.4 Å². The molecule has 1 unspecified atom stereocenters. The zero-order valence-electron chi connectivity index (χ0n) is 10.4. The van der Waals surface area contributed by atoms with Gasteiger partial charge in [0.25, 0.3) is 0 Å². The van der Waals surface area contributed by atoms with Crippen LogP contribution in [0.4, 0.5) is 5.69 Å². The fraction of sp³-hybridized carbons (Fsp3) is 0.538. The molecule has 3 heteroatoms. The Morgan fingerprint density at radius 3 is 2.50 bits per heavy atom. The lowest BCUT2D eigenvalue weighted by atomic mass is 9.89. The Kier molecular flexibility index (Phi) is 5.16. The summed E-state index contributed by atoms with van der Waals surface area (Å²) in [5, 5.41) is 0. The Morgan fingerprint density at radius 2 is 2.00 bits per heavy atom. The van der Waals surface area contributed by atoms with Gasteiger partial charge in [-0.3, -0.25) is 0 Å². The number of rotatable bonds is 5. The summed E-state index contributed by atoms with van der Waals surface area (Å²) in [6.45, 7) is 5.20. The highest BCUT2D eigenvalue weighted by molar-refractivity contribution is 7.98. The smallest absolute Gasteiger partial charge is 0.0452 e. The standard InChI is InChI=1S/C13H22N2S/c1-9(2)11(8-14)6-10-4-5-12(15)13(7-10)16-3/h4-5,7,9,11H,6,8,14-15H2,1-3H3.